The van der Waals surface area contributed by atoms with Gasteiger partial charge in [-0.05, 0) is 32.1 Å². The van der Waals surface area contributed by atoms with Crippen molar-refractivity contribution in [2.24, 2.45) is 5.92 Å². The lowest BCUT2D eigenvalue weighted by Gasteiger charge is -2.25. The zero-order chi connectivity index (χ0) is 15.2. The molecule has 1 saturated heterocycles. The van der Waals surface area contributed by atoms with Gasteiger partial charge in [-0.25, -0.2) is 12.7 Å². The Morgan fingerprint density at radius 1 is 1.20 bits per heavy atom. The maximum atomic E-state index is 12.6. The molecule has 0 aromatic rings. The second-order valence-electron chi connectivity index (χ2n) is 6.40. The zero-order valence-electron chi connectivity index (χ0n) is 13.6. The van der Waals surface area contributed by atoms with Crippen LogP contribution in [0.2, 0.25) is 0 Å². The third-order valence-corrected chi connectivity index (χ3v) is 6.45. The van der Waals surface area contributed by atoms with Crippen LogP contribution in [0.25, 0.3) is 0 Å². The number of sulfonamides is 1. The quantitative estimate of drug-likeness (QED) is 0.786. The summed E-state index contributed by atoms with van der Waals surface area (Å²) >= 11 is 0. The Morgan fingerprint density at radius 3 is 2.50 bits per heavy atom. The lowest BCUT2D eigenvalue weighted by atomic mass is 9.96. The molecule has 5 heteroatoms. The van der Waals surface area contributed by atoms with E-state index < -0.39 is 10.0 Å². The normalized spacial score (nSPS) is 23.8. The summed E-state index contributed by atoms with van der Waals surface area (Å²) in [6.45, 7) is 10.1. The second kappa shape index (κ2) is 8.35. The molecule has 1 fully saturated rings. The van der Waals surface area contributed by atoms with Crippen LogP contribution in [0.1, 0.15) is 59.8 Å². The van der Waals surface area contributed by atoms with Crippen molar-refractivity contribution in [2.45, 2.75) is 71.1 Å². The first kappa shape index (κ1) is 17.9. The van der Waals surface area contributed by atoms with Crippen molar-refractivity contribution in [3.8, 4) is 0 Å². The molecule has 0 aromatic heterocycles. The molecule has 0 radical (unpaired) electrons. The average Bonchev–Trinajstić information content (AvgIpc) is 2.62. The van der Waals surface area contributed by atoms with E-state index in [1.54, 1.807) is 4.31 Å². The predicted octanol–water partition coefficient (Wildman–Crippen LogP) is 2.60. The minimum Gasteiger partial charge on any atom is -0.313 e. The van der Waals surface area contributed by atoms with E-state index in [4.69, 9.17) is 0 Å². The molecule has 0 saturated carbocycles. The molecule has 1 N–H and O–H groups in total. The lowest BCUT2D eigenvalue weighted by Crippen LogP contribution is -2.43. The van der Waals surface area contributed by atoms with Crippen LogP contribution >= 0.6 is 0 Å². The van der Waals surface area contributed by atoms with Crippen LogP contribution in [0, 0.1) is 5.92 Å². The van der Waals surface area contributed by atoms with Gasteiger partial charge in [-0.3, -0.25) is 0 Å². The molecule has 1 aliphatic heterocycles. The average molecular weight is 305 g/mol. The highest BCUT2D eigenvalue weighted by Gasteiger charge is 2.30. The summed E-state index contributed by atoms with van der Waals surface area (Å²) in [5.41, 5.74) is 0. The third kappa shape index (κ3) is 5.34. The first-order valence-electron chi connectivity index (χ1n) is 8.10. The summed E-state index contributed by atoms with van der Waals surface area (Å²) in [5.74, 6) is 0.712. The SMILES string of the molecule is CCCC1CCCN(S(=O)(=O)C(C)CNC(C)C)CC1. The van der Waals surface area contributed by atoms with E-state index in [0.29, 0.717) is 31.6 Å². The van der Waals surface area contributed by atoms with E-state index in [0.717, 1.165) is 12.8 Å². The first-order chi connectivity index (χ1) is 9.37. The Labute approximate surface area is 125 Å². The van der Waals surface area contributed by atoms with Crippen molar-refractivity contribution in [2.75, 3.05) is 19.6 Å². The summed E-state index contributed by atoms with van der Waals surface area (Å²) in [7, 11) is -3.15. The Hall–Kier alpha value is -0.130. The van der Waals surface area contributed by atoms with Gasteiger partial charge in [-0.1, -0.05) is 33.6 Å². The molecule has 0 bridgehead atoms. The highest BCUT2D eigenvalue weighted by atomic mass is 32.2. The summed E-state index contributed by atoms with van der Waals surface area (Å²) in [5, 5.41) is 2.89. The summed E-state index contributed by atoms with van der Waals surface area (Å²) in [6, 6.07) is 0.325. The van der Waals surface area contributed by atoms with E-state index >= 15 is 0 Å². The second-order valence-corrected chi connectivity index (χ2v) is 8.75. The van der Waals surface area contributed by atoms with Crippen LogP contribution in [0.3, 0.4) is 0 Å². The van der Waals surface area contributed by atoms with Crippen molar-refractivity contribution in [3.05, 3.63) is 0 Å². The topological polar surface area (TPSA) is 49.4 Å². The molecule has 4 nitrogen and oxygen atoms in total. The maximum absolute atomic E-state index is 12.6. The Balaban J connectivity index is 2.58. The minimum absolute atomic E-state index is 0.325. The number of nitrogens with zero attached hydrogens (tertiary/aromatic N) is 1. The van der Waals surface area contributed by atoms with Gasteiger partial charge >= 0.3 is 0 Å². The maximum Gasteiger partial charge on any atom is 0.217 e. The van der Waals surface area contributed by atoms with E-state index in [1.807, 2.05) is 20.8 Å². The van der Waals surface area contributed by atoms with Gasteiger partial charge in [0.05, 0.1) is 5.25 Å². The molecule has 2 atom stereocenters. The van der Waals surface area contributed by atoms with Crippen molar-refractivity contribution < 1.29 is 8.42 Å². The van der Waals surface area contributed by atoms with Crippen molar-refractivity contribution in [1.29, 1.82) is 0 Å². The van der Waals surface area contributed by atoms with Gasteiger partial charge in [-0.2, -0.15) is 0 Å². The van der Waals surface area contributed by atoms with Crippen LogP contribution in [0.4, 0.5) is 0 Å². The molecule has 0 aliphatic carbocycles. The molecular weight excluding hydrogens is 272 g/mol. The standard InChI is InChI=1S/C15H32N2O2S/c1-5-7-15-8-6-10-17(11-9-15)20(18,19)14(4)12-16-13(2)3/h13-16H,5-12H2,1-4H3. The molecule has 1 heterocycles. The highest BCUT2D eigenvalue weighted by molar-refractivity contribution is 7.89. The zero-order valence-corrected chi connectivity index (χ0v) is 14.4. The summed E-state index contributed by atoms with van der Waals surface area (Å²) in [4.78, 5) is 0. The van der Waals surface area contributed by atoms with Gasteiger partial charge in [0.2, 0.25) is 10.0 Å². The molecular formula is C15H32N2O2S. The van der Waals surface area contributed by atoms with E-state index in [9.17, 15) is 8.42 Å². The van der Waals surface area contributed by atoms with Crippen molar-refractivity contribution >= 4 is 10.0 Å². The van der Waals surface area contributed by atoms with Crippen LogP contribution < -0.4 is 5.32 Å². The number of hydrogen-bond donors (Lipinski definition) is 1. The fourth-order valence-electron chi connectivity index (χ4n) is 2.85. The fraction of sp³-hybridized carbons (Fsp3) is 1.00. The largest absolute Gasteiger partial charge is 0.313 e. The lowest BCUT2D eigenvalue weighted by molar-refractivity contribution is 0.394. The molecule has 0 spiro atoms. The van der Waals surface area contributed by atoms with E-state index in [-0.39, 0.29) is 5.25 Å². The molecule has 1 rings (SSSR count). The fourth-order valence-corrected chi connectivity index (χ4v) is 4.41. The van der Waals surface area contributed by atoms with Crippen LogP contribution in [-0.4, -0.2) is 43.6 Å². The van der Waals surface area contributed by atoms with Crippen LogP contribution in [0.5, 0.6) is 0 Å². The van der Waals surface area contributed by atoms with Crippen LogP contribution in [-0.2, 0) is 10.0 Å². The first-order valence-corrected chi connectivity index (χ1v) is 9.60. The molecule has 20 heavy (non-hydrogen) atoms. The van der Waals surface area contributed by atoms with Gasteiger partial charge in [0.1, 0.15) is 0 Å². The highest BCUT2D eigenvalue weighted by Crippen LogP contribution is 2.24. The van der Waals surface area contributed by atoms with Crippen LogP contribution in [0.15, 0.2) is 0 Å². The third-order valence-electron chi connectivity index (χ3n) is 4.19. The molecule has 2 unspecified atom stereocenters. The number of nitrogens with one attached hydrogen (secondary N) is 1. The predicted molar refractivity (Wildman–Crippen MR) is 85.3 cm³/mol. The van der Waals surface area contributed by atoms with E-state index in [1.165, 1.54) is 19.3 Å². The monoisotopic (exact) mass is 304 g/mol. The Bertz CT molecular complexity index is 368. The molecule has 120 valence electrons. The Kier molecular flexibility index (Phi) is 7.48. The molecule has 1 aliphatic rings. The molecule has 0 amide bonds. The minimum atomic E-state index is -3.15. The summed E-state index contributed by atoms with van der Waals surface area (Å²) < 4.78 is 26.9. The van der Waals surface area contributed by atoms with Gasteiger partial charge in [-0.15, -0.1) is 0 Å². The van der Waals surface area contributed by atoms with Gasteiger partial charge in [0, 0.05) is 25.7 Å². The van der Waals surface area contributed by atoms with Gasteiger partial charge in [0.25, 0.3) is 0 Å². The number of rotatable bonds is 7. The van der Waals surface area contributed by atoms with Crippen molar-refractivity contribution in [1.82, 2.24) is 9.62 Å². The van der Waals surface area contributed by atoms with E-state index in [2.05, 4.69) is 12.2 Å². The smallest absolute Gasteiger partial charge is 0.217 e. The summed E-state index contributed by atoms with van der Waals surface area (Å²) in [6.07, 6.45) is 5.65. The molecule has 0 aromatic carbocycles. The number of hydrogen-bond acceptors (Lipinski definition) is 3. The van der Waals surface area contributed by atoms with Gasteiger partial charge < -0.3 is 5.32 Å². The van der Waals surface area contributed by atoms with Crippen molar-refractivity contribution in [3.63, 3.8) is 0 Å². The Morgan fingerprint density at radius 2 is 1.90 bits per heavy atom. The van der Waals surface area contributed by atoms with Gasteiger partial charge in [0.15, 0.2) is 0 Å².